The van der Waals surface area contributed by atoms with Gasteiger partial charge in [-0.3, -0.25) is 4.79 Å². The summed E-state index contributed by atoms with van der Waals surface area (Å²) < 4.78 is 0. The molecule has 1 amide bonds. The van der Waals surface area contributed by atoms with Crippen LogP contribution in [0, 0.1) is 6.92 Å². The van der Waals surface area contributed by atoms with E-state index in [0.29, 0.717) is 18.3 Å². The van der Waals surface area contributed by atoms with Gasteiger partial charge in [-0.15, -0.1) is 0 Å². The molecule has 1 aromatic rings. The lowest BCUT2D eigenvalue weighted by molar-refractivity contribution is -0.120. The highest BCUT2D eigenvalue weighted by atomic mass is 35.5. The Kier molecular flexibility index (Phi) is 2.44. The number of hydrogen-bond donors (Lipinski definition) is 1. The van der Waals surface area contributed by atoms with Crippen molar-refractivity contribution in [2.75, 3.05) is 11.4 Å². The van der Waals surface area contributed by atoms with Gasteiger partial charge in [-0.05, 0) is 24.9 Å². The second-order valence-electron chi connectivity index (χ2n) is 3.35. The number of amides is 1. The molecule has 1 aliphatic rings. The Balaban J connectivity index is 2.26. The lowest BCUT2D eigenvalue weighted by Crippen LogP contribution is -2.55. The molecule has 80 valence electrons. The van der Waals surface area contributed by atoms with Gasteiger partial charge in [-0.25, -0.2) is 4.98 Å². The predicted octanol–water partition coefficient (Wildman–Crippen LogP) is -0.103. The molecule has 1 saturated heterocycles. The Hall–Kier alpha value is -1.43. The summed E-state index contributed by atoms with van der Waals surface area (Å²) in [5, 5.41) is 0.132. The van der Waals surface area contributed by atoms with Gasteiger partial charge in [0.1, 0.15) is 11.9 Å². The molecule has 1 aromatic heterocycles. The summed E-state index contributed by atoms with van der Waals surface area (Å²) in [7, 11) is 0. The van der Waals surface area contributed by atoms with Crippen LogP contribution in [0.15, 0.2) is 0 Å². The highest BCUT2D eigenvalue weighted by Crippen LogP contribution is 2.23. The number of carbonyl (C=O) groups excluding carboxylic acids is 1. The highest BCUT2D eigenvalue weighted by Gasteiger charge is 2.34. The number of anilines is 1. The van der Waals surface area contributed by atoms with Gasteiger partial charge in [0.15, 0.2) is 0 Å². The molecule has 1 fully saturated rings. The fraction of sp³-hybridized carbons (Fsp3) is 0.500. The van der Waals surface area contributed by atoms with Crippen molar-refractivity contribution < 1.29 is 4.79 Å². The molecule has 0 aromatic carbocycles. The predicted molar refractivity (Wildman–Crippen MR) is 54.5 cm³/mol. The Morgan fingerprint density at radius 3 is 2.73 bits per heavy atom. The van der Waals surface area contributed by atoms with Crippen molar-refractivity contribution in [3.63, 3.8) is 0 Å². The summed E-state index contributed by atoms with van der Waals surface area (Å²) in [4.78, 5) is 24.6. The minimum Gasteiger partial charge on any atom is -0.368 e. The van der Waals surface area contributed by atoms with Crippen molar-refractivity contribution in [3.8, 4) is 0 Å². The molecule has 0 spiro atoms. The zero-order valence-corrected chi connectivity index (χ0v) is 8.90. The van der Waals surface area contributed by atoms with Gasteiger partial charge in [0, 0.05) is 6.54 Å². The highest BCUT2D eigenvalue weighted by molar-refractivity contribution is 6.28. The van der Waals surface area contributed by atoms with Gasteiger partial charge in [-0.2, -0.15) is 9.97 Å². The van der Waals surface area contributed by atoms with Crippen LogP contribution >= 0.6 is 11.6 Å². The fourth-order valence-corrected chi connectivity index (χ4v) is 1.68. The normalized spacial score (nSPS) is 19.9. The summed E-state index contributed by atoms with van der Waals surface area (Å²) in [6.45, 7) is 2.43. The summed E-state index contributed by atoms with van der Waals surface area (Å²) >= 11 is 5.70. The molecule has 0 radical (unpaired) electrons. The zero-order valence-electron chi connectivity index (χ0n) is 8.14. The molecule has 7 heteroatoms. The third-order valence-corrected chi connectivity index (χ3v) is 2.48. The van der Waals surface area contributed by atoms with E-state index in [1.165, 1.54) is 0 Å². The molecule has 6 nitrogen and oxygen atoms in total. The van der Waals surface area contributed by atoms with Crippen LogP contribution in [-0.2, 0) is 4.79 Å². The quantitative estimate of drug-likeness (QED) is 0.763. The van der Waals surface area contributed by atoms with Crippen LogP contribution in [0.3, 0.4) is 0 Å². The van der Waals surface area contributed by atoms with E-state index in [4.69, 9.17) is 17.3 Å². The number of aromatic nitrogens is 3. The molecule has 2 heterocycles. The minimum atomic E-state index is -0.365. The topological polar surface area (TPSA) is 85.0 Å². The number of rotatable bonds is 2. The summed E-state index contributed by atoms with van der Waals surface area (Å²) in [6, 6.07) is -0.317. The van der Waals surface area contributed by atoms with Crippen LogP contribution < -0.4 is 10.6 Å². The molecular weight excluding hydrogens is 218 g/mol. The van der Waals surface area contributed by atoms with E-state index in [0.717, 1.165) is 6.42 Å². The Morgan fingerprint density at radius 2 is 2.27 bits per heavy atom. The molecule has 1 aliphatic heterocycles. The first kappa shape index (κ1) is 10.1. The maximum absolute atomic E-state index is 11.0. The smallest absolute Gasteiger partial charge is 0.240 e. The molecule has 2 N–H and O–H groups in total. The van der Waals surface area contributed by atoms with Crippen molar-refractivity contribution in [2.24, 2.45) is 5.73 Å². The van der Waals surface area contributed by atoms with Gasteiger partial charge in [0.25, 0.3) is 0 Å². The summed E-state index contributed by atoms with van der Waals surface area (Å²) in [5.74, 6) is 0.582. The number of aryl methyl sites for hydroxylation is 1. The van der Waals surface area contributed by atoms with Crippen molar-refractivity contribution in [1.29, 1.82) is 0 Å². The number of nitrogens with zero attached hydrogens (tertiary/aromatic N) is 4. The van der Waals surface area contributed by atoms with Crippen LogP contribution in [0.2, 0.25) is 5.28 Å². The Labute approximate surface area is 91.5 Å². The van der Waals surface area contributed by atoms with E-state index < -0.39 is 0 Å². The third kappa shape index (κ3) is 1.85. The molecule has 1 unspecified atom stereocenters. The van der Waals surface area contributed by atoms with E-state index in [9.17, 15) is 4.79 Å². The van der Waals surface area contributed by atoms with Crippen molar-refractivity contribution >= 4 is 23.5 Å². The molecule has 0 bridgehead atoms. The van der Waals surface area contributed by atoms with Gasteiger partial charge in [0.05, 0.1) is 0 Å². The first-order valence-electron chi connectivity index (χ1n) is 4.52. The van der Waals surface area contributed by atoms with Gasteiger partial charge in [-0.1, -0.05) is 0 Å². The first-order chi connectivity index (χ1) is 7.08. The fourth-order valence-electron chi connectivity index (χ4n) is 1.49. The average molecular weight is 228 g/mol. The third-order valence-electron chi connectivity index (χ3n) is 2.31. The average Bonchev–Trinajstić information content (AvgIpc) is 1.97. The summed E-state index contributed by atoms with van der Waals surface area (Å²) in [5.41, 5.74) is 5.22. The molecule has 0 aliphatic carbocycles. The second-order valence-corrected chi connectivity index (χ2v) is 3.69. The minimum absolute atomic E-state index is 0.132. The number of primary amides is 1. The van der Waals surface area contributed by atoms with Crippen LogP contribution in [0.25, 0.3) is 0 Å². The maximum atomic E-state index is 11.0. The van der Waals surface area contributed by atoms with Gasteiger partial charge in [0.2, 0.25) is 17.1 Å². The molecule has 2 rings (SSSR count). The maximum Gasteiger partial charge on any atom is 0.240 e. The molecular formula is C8H10ClN5O. The first-order valence-corrected chi connectivity index (χ1v) is 4.90. The lowest BCUT2D eigenvalue weighted by Gasteiger charge is -2.38. The van der Waals surface area contributed by atoms with Crippen LogP contribution in [0.5, 0.6) is 0 Å². The van der Waals surface area contributed by atoms with E-state index >= 15 is 0 Å². The number of nitrogens with two attached hydrogens (primary N) is 1. The van der Waals surface area contributed by atoms with Gasteiger partial charge >= 0.3 is 0 Å². The van der Waals surface area contributed by atoms with Crippen molar-refractivity contribution in [1.82, 2.24) is 15.0 Å². The SMILES string of the molecule is Cc1nc(Cl)nc(N2CCC2C(N)=O)n1. The lowest BCUT2D eigenvalue weighted by atomic mass is 10.0. The number of hydrogen-bond acceptors (Lipinski definition) is 5. The monoisotopic (exact) mass is 227 g/mol. The number of halogens is 1. The van der Waals surface area contributed by atoms with E-state index in [-0.39, 0.29) is 17.2 Å². The van der Waals surface area contributed by atoms with Crippen LogP contribution in [0.1, 0.15) is 12.2 Å². The zero-order chi connectivity index (χ0) is 11.0. The van der Waals surface area contributed by atoms with Gasteiger partial charge < -0.3 is 10.6 Å². The Morgan fingerprint density at radius 1 is 1.53 bits per heavy atom. The van der Waals surface area contributed by atoms with E-state index in [2.05, 4.69) is 15.0 Å². The second kappa shape index (κ2) is 3.62. The standard InChI is InChI=1S/C8H10ClN5O/c1-4-11-7(9)13-8(12-4)14-3-2-5(14)6(10)15/h5H,2-3H2,1H3,(H2,10,15). The summed E-state index contributed by atoms with van der Waals surface area (Å²) in [6.07, 6.45) is 0.734. The molecule has 15 heavy (non-hydrogen) atoms. The largest absolute Gasteiger partial charge is 0.368 e. The molecule has 0 saturated carbocycles. The van der Waals surface area contributed by atoms with E-state index in [1.54, 1.807) is 11.8 Å². The van der Waals surface area contributed by atoms with Crippen LogP contribution in [0.4, 0.5) is 5.95 Å². The Bertz CT molecular complexity index is 390. The molecule has 1 atom stereocenters. The van der Waals surface area contributed by atoms with Crippen molar-refractivity contribution in [2.45, 2.75) is 19.4 Å². The van der Waals surface area contributed by atoms with Crippen molar-refractivity contribution in [3.05, 3.63) is 11.1 Å². The van der Waals surface area contributed by atoms with E-state index in [1.807, 2.05) is 0 Å². The number of carbonyl (C=O) groups is 1. The van der Waals surface area contributed by atoms with Crippen LogP contribution in [-0.4, -0.2) is 33.4 Å².